The molecule has 0 aliphatic rings. The Labute approximate surface area is 130 Å². The molecular weight excluding hydrogens is 302 g/mol. The average molecular weight is 322 g/mol. The fourth-order valence-corrected chi connectivity index (χ4v) is 3.92. The van der Waals surface area contributed by atoms with Crippen molar-refractivity contribution in [3.8, 4) is 11.5 Å². The van der Waals surface area contributed by atoms with Crippen LogP contribution in [0.1, 0.15) is 10.8 Å². The van der Waals surface area contributed by atoms with Gasteiger partial charge in [0, 0.05) is 0 Å². The lowest BCUT2D eigenvalue weighted by atomic mass is 10.1. The first-order valence-electron chi connectivity index (χ1n) is 6.84. The van der Waals surface area contributed by atoms with Gasteiger partial charge in [-0.3, -0.25) is 0 Å². The fourth-order valence-electron chi connectivity index (χ4n) is 2.25. The molecule has 0 unspecified atom stereocenters. The van der Waals surface area contributed by atoms with Crippen LogP contribution in [0.5, 0.6) is 11.5 Å². The van der Waals surface area contributed by atoms with Gasteiger partial charge in [-0.25, -0.2) is 8.42 Å². The summed E-state index contributed by atoms with van der Waals surface area (Å²) in [6.07, 6.45) is 0. The second-order valence-corrected chi connectivity index (χ2v) is 6.90. The third kappa shape index (κ3) is 3.23. The van der Waals surface area contributed by atoms with Crippen molar-refractivity contribution in [3.63, 3.8) is 0 Å². The van der Waals surface area contributed by atoms with Gasteiger partial charge in [-0.2, -0.15) is 0 Å². The van der Waals surface area contributed by atoms with Gasteiger partial charge in [-0.1, -0.05) is 12.1 Å². The van der Waals surface area contributed by atoms with Crippen LogP contribution in [0.25, 0.3) is 0 Å². The van der Waals surface area contributed by atoms with Crippen molar-refractivity contribution in [1.29, 1.82) is 0 Å². The summed E-state index contributed by atoms with van der Waals surface area (Å²) in [5, 5.41) is -0.688. The molecule has 2 aromatic carbocycles. The molecule has 0 spiro atoms. The summed E-state index contributed by atoms with van der Waals surface area (Å²) in [4.78, 5) is 0.262. The Balaban J connectivity index is 2.38. The zero-order valence-electron chi connectivity index (χ0n) is 12.7. The molecule has 5 nitrogen and oxygen atoms in total. The van der Waals surface area contributed by atoms with E-state index in [1.807, 2.05) is 0 Å². The molecule has 0 aromatic heterocycles. The van der Waals surface area contributed by atoms with Crippen molar-refractivity contribution in [2.75, 3.05) is 20.8 Å². The number of methoxy groups -OCH3 is 2. The summed E-state index contributed by atoms with van der Waals surface area (Å²) in [5.41, 5.74) is 4.50. The van der Waals surface area contributed by atoms with Crippen LogP contribution in [-0.4, -0.2) is 29.2 Å². The van der Waals surface area contributed by atoms with Crippen LogP contribution in [0.2, 0.25) is 0 Å². The Kier molecular flexibility index (Phi) is 5.05. The minimum atomic E-state index is -3.51. The quantitative estimate of drug-likeness (QED) is 0.873. The molecule has 0 aliphatic carbocycles. The number of sulfone groups is 1. The topological polar surface area (TPSA) is 80.2 Å². The smallest absolute Gasteiger partial charge is 0.190 e. The van der Waals surface area contributed by atoms with Gasteiger partial charge in [-0.15, -0.1) is 0 Å². The molecule has 6 heteroatoms. The maximum absolute atomic E-state index is 12.8. The van der Waals surface area contributed by atoms with E-state index < -0.39 is 15.1 Å². The van der Waals surface area contributed by atoms with Crippen molar-refractivity contribution < 1.29 is 23.6 Å². The Hall–Kier alpha value is -2.05. The summed E-state index contributed by atoms with van der Waals surface area (Å²) in [5.74, 6) is 1.31. The molecule has 0 fully saturated rings. The van der Waals surface area contributed by atoms with Gasteiger partial charge in [0.15, 0.2) is 9.84 Å². The maximum Gasteiger partial charge on any atom is 0.190 e. The van der Waals surface area contributed by atoms with Crippen LogP contribution in [0.15, 0.2) is 53.4 Å². The SMILES string of the molecule is COc1ccc([C@@H](C[NH3+])S(=O)(=O)c2ccc(OC)cc2)cc1. The van der Waals surface area contributed by atoms with Gasteiger partial charge >= 0.3 is 0 Å². The van der Waals surface area contributed by atoms with E-state index >= 15 is 0 Å². The summed E-state index contributed by atoms with van der Waals surface area (Å²) in [6.45, 7) is 0.251. The van der Waals surface area contributed by atoms with Gasteiger partial charge in [0.2, 0.25) is 0 Å². The minimum absolute atomic E-state index is 0.251. The molecule has 3 N–H and O–H groups in total. The molecule has 22 heavy (non-hydrogen) atoms. The molecule has 0 radical (unpaired) electrons. The van der Waals surface area contributed by atoms with E-state index in [2.05, 4.69) is 5.73 Å². The Bertz CT molecular complexity index is 709. The molecule has 0 saturated heterocycles. The van der Waals surface area contributed by atoms with E-state index in [0.717, 1.165) is 0 Å². The summed E-state index contributed by atoms with van der Waals surface area (Å²) >= 11 is 0. The molecule has 2 aromatic rings. The number of rotatable bonds is 6. The largest absolute Gasteiger partial charge is 0.497 e. The fraction of sp³-hybridized carbons (Fsp3) is 0.250. The number of hydrogen-bond donors (Lipinski definition) is 1. The molecule has 1 atom stereocenters. The first-order chi connectivity index (χ1) is 10.5. The monoisotopic (exact) mass is 322 g/mol. The Morgan fingerprint density at radius 2 is 1.36 bits per heavy atom. The molecule has 118 valence electrons. The summed E-state index contributed by atoms with van der Waals surface area (Å²) < 4.78 is 35.8. The second kappa shape index (κ2) is 6.81. The summed E-state index contributed by atoms with van der Waals surface area (Å²) in [7, 11) is -0.395. The number of benzene rings is 2. The highest BCUT2D eigenvalue weighted by Gasteiger charge is 2.29. The van der Waals surface area contributed by atoms with Crippen molar-refractivity contribution in [2.24, 2.45) is 0 Å². The van der Waals surface area contributed by atoms with Crippen LogP contribution in [0, 0.1) is 0 Å². The van der Waals surface area contributed by atoms with Gasteiger partial charge in [0.1, 0.15) is 16.7 Å². The van der Waals surface area contributed by atoms with Crippen molar-refractivity contribution >= 4 is 9.84 Å². The Morgan fingerprint density at radius 3 is 1.77 bits per heavy atom. The van der Waals surface area contributed by atoms with E-state index in [1.54, 1.807) is 62.8 Å². The van der Waals surface area contributed by atoms with Gasteiger partial charge in [0.05, 0.1) is 25.7 Å². The van der Waals surface area contributed by atoms with Gasteiger partial charge < -0.3 is 15.2 Å². The van der Waals surface area contributed by atoms with Crippen LogP contribution >= 0.6 is 0 Å². The van der Waals surface area contributed by atoms with E-state index in [9.17, 15) is 8.42 Å². The van der Waals surface area contributed by atoms with Crippen molar-refractivity contribution in [1.82, 2.24) is 0 Å². The van der Waals surface area contributed by atoms with Gasteiger partial charge in [0.25, 0.3) is 0 Å². The molecule has 0 bridgehead atoms. The lowest BCUT2D eigenvalue weighted by Crippen LogP contribution is -2.54. The van der Waals surface area contributed by atoms with Crippen LogP contribution < -0.4 is 15.2 Å². The lowest BCUT2D eigenvalue weighted by Gasteiger charge is -2.15. The second-order valence-electron chi connectivity index (χ2n) is 4.77. The van der Waals surface area contributed by atoms with Crippen molar-refractivity contribution in [3.05, 3.63) is 54.1 Å². The zero-order chi connectivity index (χ0) is 16.2. The molecule has 0 saturated carbocycles. The molecule has 0 amide bonds. The standard InChI is InChI=1S/C16H19NO4S/c1-20-13-5-3-12(4-6-13)16(11-17)22(18,19)15-9-7-14(21-2)8-10-15/h3-10,16H,11,17H2,1-2H3/p+1/t16-/m1/s1. The number of ether oxygens (including phenoxy) is 2. The van der Waals surface area contributed by atoms with Gasteiger partial charge in [-0.05, 0) is 42.0 Å². The Morgan fingerprint density at radius 1 is 0.909 bits per heavy atom. The highest BCUT2D eigenvalue weighted by atomic mass is 32.2. The summed E-state index contributed by atoms with van der Waals surface area (Å²) in [6, 6.07) is 13.4. The highest BCUT2D eigenvalue weighted by molar-refractivity contribution is 7.91. The zero-order valence-corrected chi connectivity index (χ0v) is 13.5. The average Bonchev–Trinajstić information content (AvgIpc) is 2.56. The van der Waals surface area contributed by atoms with E-state index in [4.69, 9.17) is 9.47 Å². The van der Waals surface area contributed by atoms with E-state index in [-0.39, 0.29) is 11.4 Å². The predicted octanol–water partition coefficient (Wildman–Crippen LogP) is 1.46. The molecule has 0 heterocycles. The third-order valence-corrected chi connectivity index (χ3v) is 5.70. The maximum atomic E-state index is 12.8. The van der Waals surface area contributed by atoms with Crippen molar-refractivity contribution in [2.45, 2.75) is 10.1 Å². The van der Waals surface area contributed by atoms with Crippen LogP contribution in [-0.2, 0) is 9.84 Å². The lowest BCUT2D eigenvalue weighted by molar-refractivity contribution is -0.367. The molecule has 0 aliphatic heterocycles. The molecular formula is C16H20NO4S+. The van der Waals surface area contributed by atoms with Crippen LogP contribution in [0.4, 0.5) is 0 Å². The van der Waals surface area contributed by atoms with E-state index in [0.29, 0.717) is 17.1 Å². The third-order valence-electron chi connectivity index (χ3n) is 3.51. The van der Waals surface area contributed by atoms with E-state index in [1.165, 1.54) is 0 Å². The minimum Gasteiger partial charge on any atom is -0.497 e. The molecule has 2 rings (SSSR count). The first-order valence-corrected chi connectivity index (χ1v) is 8.38. The van der Waals surface area contributed by atoms with Crippen LogP contribution in [0.3, 0.4) is 0 Å². The number of quaternary nitrogens is 1. The predicted molar refractivity (Wildman–Crippen MR) is 83.7 cm³/mol. The first kappa shape index (κ1) is 16.3. The highest BCUT2D eigenvalue weighted by Crippen LogP contribution is 2.29. The normalized spacial score (nSPS) is 12.7. The number of hydrogen-bond acceptors (Lipinski definition) is 4.